The van der Waals surface area contributed by atoms with Gasteiger partial charge in [0.25, 0.3) is 0 Å². The Hall–Kier alpha value is -2.23. The summed E-state index contributed by atoms with van der Waals surface area (Å²) in [4.78, 5) is 11.2. The average molecular weight is 231 g/mol. The smallest absolute Gasteiger partial charge is 0.244 e. The van der Waals surface area contributed by atoms with Crippen molar-refractivity contribution in [1.29, 1.82) is 0 Å². The molecule has 1 aromatic rings. The number of ether oxygens (including phenoxy) is 2. The monoisotopic (exact) mass is 231 g/mol. The highest BCUT2D eigenvalue weighted by Gasteiger charge is 2.14. The van der Waals surface area contributed by atoms with E-state index < -0.39 is 5.91 Å². The molecule has 88 valence electrons. The van der Waals surface area contributed by atoms with Gasteiger partial charge in [-0.2, -0.15) is 0 Å². The Morgan fingerprint density at radius 2 is 2.18 bits per heavy atom. The van der Waals surface area contributed by atoms with Crippen LogP contribution >= 0.6 is 0 Å². The summed E-state index contributed by atoms with van der Waals surface area (Å²) in [6, 6.07) is 5.56. The van der Waals surface area contributed by atoms with Gasteiger partial charge in [-0.05, 0) is 17.7 Å². The standard InChI is InChI=1S/C13H13NO3/c1-2-3-10(13(14)15)6-9-4-5-11-12(7-9)17-8-16-11/h2-5,7H,1,6,8H2,(H2,14,15). The first kappa shape index (κ1) is 11.3. The molecule has 0 radical (unpaired) electrons. The molecule has 0 fully saturated rings. The number of benzene rings is 1. The van der Waals surface area contributed by atoms with Crippen LogP contribution in [0.4, 0.5) is 0 Å². The number of carbonyl (C=O) groups is 1. The number of amides is 1. The lowest BCUT2D eigenvalue weighted by Gasteiger charge is -2.04. The molecule has 1 aliphatic rings. The number of allylic oxidation sites excluding steroid dienone is 2. The maximum atomic E-state index is 11.2. The molecule has 1 heterocycles. The zero-order chi connectivity index (χ0) is 12.3. The molecule has 0 atom stereocenters. The van der Waals surface area contributed by atoms with E-state index >= 15 is 0 Å². The minimum absolute atomic E-state index is 0.240. The molecular formula is C13H13NO3. The van der Waals surface area contributed by atoms with Crippen molar-refractivity contribution in [2.75, 3.05) is 6.79 Å². The van der Waals surface area contributed by atoms with E-state index in [2.05, 4.69) is 6.58 Å². The molecule has 1 aromatic carbocycles. The molecule has 4 heteroatoms. The summed E-state index contributed by atoms with van der Waals surface area (Å²) in [5, 5.41) is 0. The lowest BCUT2D eigenvalue weighted by atomic mass is 10.0. The second-order valence-corrected chi connectivity index (χ2v) is 3.66. The first-order valence-corrected chi connectivity index (χ1v) is 5.20. The average Bonchev–Trinajstić information content (AvgIpc) is 2.75. The van der Waals surface area contributed by atoms with E-state index in [0.717, 1.165) is 11.3 Å². The minimum Gasteiger partial charge on any atom is -0.454 e. The number of nitrogens with two attached hydrogens (primary N) is 1. The van der Waals surface area contributed by atoms with Crippen LogP contribution in [0.2, 0.25) is 0 Å². The molecule has 0 unspecified atom stereocenters. The maximum absolute atomic E-state index is 11.2. The number of fused-ring (bicyclic) bond motifs is 1. The van der Waals surface area contributed by atoms with Crippen molar-refractivity contribution in [1.82, 2.24) is 0 Å². The quantitative estimate of drug-likeness (QED) is 0.631. The number of carbonyl (C=O) groups excluding carboxylic acids is 1. The summed E-state index contributed by atoms with van der Waals surface area (Å²) in [5.41, 5.74) is 6.73. The molecule has 0 spiro atoms. The maximum Gasteiger partial charge on any atom is 0.244 e. The molecule has 0 saturated heterocycles. The van der Waals surface area contributed by atoms with Gasteiger partial charge >= 0.3 is 0 Å². The molecule has 17 heavy (non-hydrogen) atoms. The zero-order valence-electron chi connectivity index (χ0n) is 9.31. The molecule has 0 aromatic heterocycles. The van der Waals surface area contributed by atoms with Crippen LogP contribution < -0.4 is 15.2 Å². The predicted molar refractivity (Wildman–Crippen MR) is 63.7 cm³/mol. The van der Waals surface area contributed by atoms with Crippen molar-refractivity contribution in [3.63, 3.8) is 0 Å². The number of hydrogen-bond donors (Lipinski definition) is 1. The van der Waals surface area contributed by atoms with Gasteiger partial charge in [0.05, 0.1) is 0 Å². The highest BCUT2D eigenvalue weighted by molar-refractivity contribution is 5.92. The SMILES string of the molecule is C=CC=C(Cc1ccc2c(c1)OCO2)C(N)=O. The fourth-order valence-corrected chi connectivity index (χ4v) is 1.64. The van der Waals surface area contributed by atoms with Crippen LogP contribution in [0.15, 0.2) is 42.5 Å². The van der Waals surface area contributed by atoms with Gasteiger partial charge in [0.2, 0.25) is 12.7 Å². The van der Waals surface area contributed by atoms with Gasteiger partial charge in [0.15, 0.2) is 11.5 Å². The summed E-state index contributed by atoms with van der Waals surface area (Å²) in [7, 11) is 0. The second-order valence-electron chi connectivity index (χ2n) is 3.66. The van der Waals surface area contributed by atoms with Crippen LogP contribution in [0.3, 0.4) is 0 Å². The van der Waals surface area contributed by atoms with Crippen LogP contribution in [0.5, 0.6) is 11.5 Å². The van der Waals surface area contributed by atoms with Crippen molar-refractivity contribution in [2.45, 2.75) is 6.42 Å². The number of primary amides is 1. The normalized spacial score (nSPS) is 13.5. The Morgan fingerprint density at radius 3 is 2.88 bits per heavy atom. The summed E-state index contributed by atoms with van der Waals surface area (Å²) in [5.74, 6) is 0.981. The van der Waals surface area contributed by atoms with Crippen molar-refractivity contribution in [3.05, 3.63) is 48.1 Å². The zero-order valence-corrected chi connectivity index (χ0v) is 9.31. The van der Waals surface area contributed by atoms with Gasteiger partial charge in [-0.25, -0.2) is 0 Å². The van der Waals surface area contributed by atoms with Crippen LogP contribution in [0.1, 0.15) is 5.56 Å². The van der Waals surface area contributed by atoms with E-state index in [9.17, 15) is 4.79 Å². The highest BCUT2D eigenvalue weighted by atomic mass is 16.7. The van der Waals surface area contributed by atoms with Crippen LogP contribution in [0.25, 0.3) is 0 Å². The van der Waals surface area contributed by atoms with Crippen molar-refractivity contribution < 1.29 is 14.3 Å². The second kappa shape index (κ2) is 4.74. The number of rotatable bonds is 4. The van der Waals surface area contributed by atoms with Crippen molar-refractivity contribution in [2.24, 2.45) is 5.73 Å². The largest absolute Gasteiger partial charge is 0.454 e. The third kappa shape index (κ3) is 2.47. The van der Waals surface area contributed by atoms with E-state index in [4.69, 9.17) is 15.2 Å². The van der Waals surface area contributed by atoms with Crippen LogP contribution in [0, 0.1) is 0 Å². The topological polar surface area (TPSA) is 61.6 Å². The van der Waals surface area contributed by atoms with Crippen molar-refractivity contribution >= 4 is 5.91 Å². The molecule has 1 aliphatic heterocycles. The van der Waals surface area contributed by atoms with Crippen LogP contribution in [-0.2, 0) is 11.2 Å². The molecule has 2 rings (SSSR count). The summed E-state index contributed by atoms with van der Waals surface area (Å²) in [6.07, 6.45) is 3.62. The van der Waals surface area contributed by atoms with Gasteiger partial charge in [0, 0.05) is 12.0 Å². The molecule has 0 bridgehead atoms. The Balaban J connectivity index is 2.21. The van der Waals surface area contributed by atoms with E-state index in [1.165, 1.54) is 0 Å². The Labute approximate surface area is 99.3 Å². The van der Waals surface area contributed by atoms with Gasteiger partial charge in [0.1, 0.15) is 0 Å². The van der Waals surface area contributed by atoms with Gasteiger partial charge in [-0.15, -0.1) is 0 Å². The molecular weight excluding hydrogens is 218 g/mol. The third-order valence-electron chi connectivity index (χ3n) is 2.47. The summed E-state index contributed by atoms with van der Waals surface area (Å²) < 4.78 is 10.5. The molecule has 0 saturated carbocycles. The van der Waals surface area contributed by atoms with Gasteiger partial charge in [-0.1, -0.05) is 24.8 Å². The lowest BCUT2D eigenvalue weighted by Crippen LogP contribution is -2.15. The van der Waals surface area contributed by atoms with Gasteiger partial charge in [-0.3, -0.25) is 4.79 Å². The molecule has 0 aliphatic carbocycles. The van der Waals surface area contributed by atoms with Crippen LogP contribution in [-0.4, -0.2) is 12.7 Å². The van der Waals surface area contributed by atoms with Crippen molar-refractivity contribution in [3.8, 4) is 11.5 Å². The van der Waals surface area contributed by atoms with E-state index in [-0.39, 0.29) is 6.79 Å². The predicted octanol–water partition coefficient (Wildman–Crippen LogP) is 1.56. The summed E-state index contributed by atoms with van der Waals surface area (Å²) in [6.45, 7) is 3.79. The highest BCUT2D eigenvalue weighted by Crippen LogP contribution is 2.33. The Kier molecular flexibility index (Phi) is 3.14. The lowest BCUT2D eigenvalue weighted by molar-refractivity contribution is -0.114. The Bertz CT molecular complexity index is 491. The Morgan fingerprint density at radius 1 is 1.41 bits per heavy atom. The van der Waals surface area contributed by atoms with E-state index in [1.807, 2.05) is 18.2 Å². The fourth-order valence-electron chi connectivity index (χ4n) is 1.64. The molecule has 4 nitrogen and oxygen atoms in total. The van der Waals surface area contributed by atoms with E-state index in [0.29, 0.717) is 17.7 Å². The third-order valence-corrected chi connectivity index (χ3v) is 2.47. The fraction of sp³-hybridized carbons (Fsp3) is 0.154. The minimum atomic E-state index is -0.442. The number of hydrogen-bond acceptors (Lipinski definition) is 3. The first-order valence-electron chi connectivity index (χ1n) is 5.20. The molecule has 1 amide bonds. The first-order chi connectivity index (χ1) is 8.20. The molecule has 2 N–H and O–H groups in total. The van der Waals surface area contributed by atoms with E-state index in [1.54, 1.807) is 12.2 Å². The summed E-state index contributed by atoms with van der Waals surface area (Å²) >= 11 is 0. The van der Waals surface area contributed by atoms with Gasteiger partial charge < -0.3 is 15.2 Å².